The third kappa shape index (κ3) is 4.31. The molecule has 0 bridgehead atoms. The Morgan fingerprint density at radius 3 is 2.58 bits per heavy atom. The Kier molecular flexibility index (Phi) is 5.41. The van der Waals surface area contributed by atoms with Crippen molar-refractivity contribution in [1.29, 1.82) is 0 Å². The fraction of sp³-hybridized carbons (Fsp3) is 0.385. The van der Waals surface area contributed by atoms with Crippen LogP contribution in [0.25, 0.3) is 0 Å². The Balaban J connectivity index is 2.59. The van der Waals surface area contributed by atoms with Gasteiger partial charge in [0.15, 0.2) is 0 Å². The van der Waals surface area contributed by atoms with E-state index >= 15 is 0 Å². The molecule has 6 heteroatoms. The molecule has 1 amide bonds. The molecular formula is C13H15F2NO3. The first-order valence-corrected chi connectivity index (χ1v) is 5.85. The molecule has 1 N–H and O–H groups in total. The predicted octanol–water partition coefficient (Wildman–Crippen LogP) is 1.96. The van der Waals surface area contributed by atoms with Crippen molar-refractivity contribution in [2.45, 2.75) is 20.3 Å². The normalized spacial score (nSPS) is 10.1. The first kappa shape index (κ1) is 15.1. The summed E-state index contributed by atoms with van der Waals surface area (Å²) in [6.07, 6.45) is 0.00136. The van der Waals surface area contributed by atoms with E-state index in [-0.39, 0.29) is 30.7 Å². The van der Waals surface area contributed by atoms with Gasteiger partial charge < -0.3 is 10.1 Å². The van der Waals surface area contributed by atoms with E-state index in [0.29, 0.717) is 6.07 Å². The molecule has 19 heavy (non-hydrogen) atoms. The third-order valence-electron chi connectivity index (χ3n) is 2.41. The van der Waals surface area contributed by atoms with E-state index in [2.05, 4.69) is 10.1 Å². The summed E-state index contributed by atoms with van der Waals surface area (Å²) in [4.78, 5) is 22.7. The van der Waals surface area contributed by atoms with Gasteiger partial charge in [-0.15, -0.1) is 0 Å². The third-order valence-corrected chi connectivity index (χ3v) is 2.41. The summed E-state index contributed by atoms with van der Waals surface area (Å²) in [7, 11) is 0. The highest BCUT2D eigenvalue weighted by Crippen LogP contribution is 2.14. The van der Waals surface area contributed by atoms with E-state index in [1.165, 1.54) is 6.92 Å². The zero-order valence-corrected chi connectivity index (χ0v) is 10.8. The number of rotatable bonds is 5. The van der Waals surface area contributed by atoms with Crippen molar-refractivity contribution in [3.8, 4) is 0 Å². The van der Waals surface area contributed by atoms with Crippen LogP contribution in [0.5, 0.6) is 0 Å². The average Bonchev–Trinajstić information content (AvgIpc) is 2.34. The predicted molar refractivity (Wildman–Crippen MR) is 64.7 cm³/mol. The molecule has 4 nitrogen and oxygen atoms in total. The molecule has 0 aliphatic carbocycles. The maximum atomic E-state index is 13.4. The Labute approximate surface area is 109 Å². The number of aryl methyl sites for hydroxylation is 1. The molecule has 0 aromatic heterocycles. The second-order valence-corrected chi connectivity index (χ2v) is 3.89. The summed E-state index contributed by atoms with van der Waals surface area (Å²) < 4.78 is 31.1. The van der Waals surface area contributed by atoms with Crippen molar-refractivity contribution in [2.75, 3.05) is 13.2 Å². The van der Waals surface area contributed by atoms with Gasteiger partial charge >= 0.3 is 5.97 Å². The number of nitrogens with one attached hydrogen (secondary N) is 1. The molecule has 0 spiro atoms. The molecule has 0 fully saturated rings. The minimum atomic E-state index is -0.934. The van der Waals surface area contributed by atoms with Crippen LogP contribution in [0.4, 0.5) is 8.78 Å². The van der Waals surface area contributed by atoms with Crippen LogP contribution in [-0.4, -0.2) is 25.0 Å². The number of amides is 1. The van der Waals surface area contributed by atoms with Crippen LogP contribution < -0.4 is 5.32 Å². The second-order valence-electron chi connectivity index (χ2n) is 3.89. The Hall–Kier alpha value is -1.98. The monoisotopic (exact) mass is 271 g/mol. The summed E-state index contributed by atoms with van der Waals surface area (Å²) in [6.45, 7) is 3.41. The Morgan fingerprint density at radius 2 is 1.95 bits per heavy atom. The maximum absolute atomic E-state index is 13.4. The second kappa shape index (κ2) is 6.82. The van der Waals surface area contributed by atoms with Gasteiger partial charge in [-0.1, -0.05) is 0 Å². The molecule has 0 heterocycles. The zero-order chi connectivity index (χ0) is 14.4. The van der Waals surface area contributed by atoms with Crippen molar-refractivity contribution < 1.29 is 23.1 Å². The fourth-order valence-corrected chi connectivity index (χ4v) is 1.44. The number of hydrogen-bond donors (Lipinski definition) is 1. The van der Waals surface area contributed by atoms with E-state index in [0.717, 1.165) is 6.07 Å². The molecule has 0 aliphatic heterocycles. The average molecular weight is 271 g/mol. The summed E-state index contributed by atoms with van der Waals surface area (Å²) in [5.74, 6) is -2.78. The number of halogens is 2. The number of carbonyl (C=O) groups excluding carboxylic acids is 2. The lowest BCUT2D eigenvalue weighted by Crippen LogP contribution is -2.27. The van der Waals surface area contributed by atoms with Gasteiger partial charge in [-0.2, -0.15) is 0 Å². The Morgan fingerprint density at radius 1 is 1.26 bits per heavy atom. The van der Waals surface area contributed by atoms with Crippen LogP contribution in [0.15, 0.2) is 12.1 Å². The van der Waals surface area contributed by atoms with Gasteiger partial charge in [-0.05, 0) is 25.5 Å². The van der Waals surface area contributed by atoms with Crippen LogP contribution >= 0.6 is 0 Å². The minimum Gasteiger partial charge on any atom is -0.466 e. The zero-order valence-electron chi connectivity index (χ0n) is 10.8. The molecule has 0 saturated heterocycles. The lowest BCUT2D eigenvalue weighted by atomic mass is 10.1. The van der Waals surface area contributed by atoms with Crippen molar-refractivity contribution in [3.05, 3.63) is 34.9 Å². The fourth-order valence-electron chi connectivity index (χ4n) is 1.44. The van der Waals surface area contributed by atoms with E-state index in [4.69, 9.17) is 0 Å². The number of carbonyl (C=O) groups is 2. The van der Waals surface area contributed by atoms with E-state index in [9.17, 15) is 18.4 Å². The molecule has 0 saturated carbocycles. The standard InChI is InChI=1S/C13H15F2NO3/c1-3-19-12(17)4-5-16-13(18)9-6-8(2)10(14)7-11(9)15/h6-7H,3-5H2,1-2H3,(H,16,18). The molecule has 1 rings (SSSR count). The Bertz CT molecular complexity index is 489. The van der Waals surface area contributed by atoms with Crippen molar-refractivity contribution in [1.82, 2.24) is 5.32 Å². The van der Waals surface area contributed by atoms with Crippen LogP contribution in [0, 0.1) is 18.6 Å². The summed E-state index contributed by atoms with van der Waals surface area (Å²) in [6, 6.07) is 1.79. The van der Waals surface area contributed by atoms with E-state index in [1.807, 2.05) is 0 Å². The SMILES string of the molecule is CCOC(=O)CCNC(=O)c1cc(C)c(F)cc1F. The van der Waals surface area contributed by atoms with Gasteiger partial charge in [0.2, 0.25) is 0 Å². The van der Waals surface area contributed by atoms with Crippen LogP contribution in [0.1, 0.15) is 29.3 Å². The van der Waals surface area contributed by atoms with E-state index < -0.39 is 23.5 Å². The smallest absolute Gasteiger partial charge is 0.307 e. The summed E-state index contributed by atoms with van der Waals surface area (Å²) >= 11 is 0. The first-order chi connectivity index (χ1) is 8.95. The first-order valence-electron chi connectivity index (χ1n) is 5.85. The van der Waals surface area contributed by atoms with Crippen molar-refractivity contribution >= 4 is 11.9 Å². The number of benzene rings is 1. The lowest BCUT2D eigenvalue weighted by Gasteiger charge is -2.07. The molecular weight excluding hydrogens is 256 g/mol. The van der Waals surface area contributed by atoms with Gasteiger partial charge in [0.05, 0.1) is 18.6 Å². The highest BCUT2D eigenvalue weighted by molar-refractivity contribution is 5.94. The quantitative estimate of drug-likeness (QED) is 0.833. The maximum Gasteiger partial charge on any atom is 0.307 e. The van der Waals surface area contributed by atoms with Crippen molar-refractivity contribution in [3.63, 3.8) is 0 Å². The number of hydrogen-bond acceptors (Lipinski definition) is 3. The van der Waals surface area contributed by atoms with Gasteiger partial charge in [0, 0.05) is 12.6 Å². The summed E-state index contributed by atoms with van der Waals surface area (Å²) in [5.41, 5.74) is -0.0697. The van der Waals surface area contributed by atoms with Crippen LogP contribution in [0.2, 0.25) is 0 Å². The van der Waals surface area contributed by atoms with Gasteiger partial charge in [-0.3, -0.25) is 9.59 Å². The van der Waals surface area contributed by atoms with Gasteiger partial charge in [0.1, 0.15) is 11.6 Å². The molecule has 0 atom stereocenters. The van der Waals surface area contributed by atoms with Gasteiger partial charge in [0.25, 0.3) is 5.91 Å². The van der Waals surface area contributed by atoms with E-state index in [1.54, 1.807) is 6.92 Å². The van der Waals surface area contributed by atoms with Gasteiger partial charge in [-0.25, -0.2) is 8.78 Å². The highest BCUT2D eigenvalue weighted by Gasteiger charge is 2.14. The van der Waals surface area contributed by atoms with Crippen molar-refractivity contribution in [2.24, 2.45) is 0 Å². The molecule has 1 aromatic rings. The largest absolute Gasteiger partial charge is 0.466 e. The lowest BCUT2D eigenvalue weighted by molar-refractivity contribution is -0.142. The molecule has 0 aliphatic rings. The van der Waals surface area contributed by atoms with Crippen LogP contribution in [0.3, 0.4) is 0 Å². The summed E-state index contributed by atoms with van der Waals surface area (Å²) in [5, 5.41) is 2.37. The molecule has 1 aromatic carbocycles. The minimum absolute atomic E-state index is 0.00136. The van der Waals surface area contributed by atoms with Crippen LogP contribution in [-0.2, 0) is 9.53 Å². The molecule has 0 unspecified atom stereocenters. The molecule has 104 valence electrons. The number of ether oxygens (including phenoxy) is 1. The molecule has 0 radical (unpaired) electrons. The highest BCUT2D eigenvalue weighted by atomic mass is 19.1. The topological polar surface area (TPSA) is 55.4 Å². The number of esters is 1.